The largest absolute Gasteiger partial charge is 0.462 e. The molecule has 1 atom stereocenters. The van der Waals surface area contributed by atoms with Gasteiger partial charge in [0.2, 0.25) is 0 Å². The minimum absolute atomic E-state index is 0.104. The van der Waals surface area contributed by atoms with Crippen molar-refractivity contribution in [1.29, 1.82) is 0 Å². The normalized spacial score (nSPS) is 13.0. The molecule has 0 amide bonds. The van der Waals surface area contributed by atoms with Gasteiger partial charge in [0.1, 0.15) is 13.2 Å². The number of carbonyl (C=O) groups is 3. The van der Waals surface area contributed by atoms with E-state index in [1.54, 1.807) is 0 Å². The zero-order valence-corrected chi connectivity index (χ0v) is 52.0. The zero-order chi connectivity index (χ0) is 57.8. The highest BCUT2D eigenvalue weighted by atomic mass is 16.6. The van der Waals surface area contributed by atoms with Crippen LogP contribution in [-0.4, -0.2) is 37.2 Å². The topological polar surface area (TPSA) is 78.9 Å². The molecule has 80 heavy (non-hydrogen) atoms. The fraction of sp³-hybridized carbons (Fsp3) is 0.662. The van der Waals surface area contributed by atoms with Crippen LogP contribution in [-0.2, 0) is 28.6 Å². The molecule has 0 heterocycles. The highest BCUT2D eigenvalue weighted by Gasteiger charge is 2.19. The van der Waals surface area contributed by atoms with Gasteiger partial charge in [-0.05, 0) is 116 Å². The smallest absolute Gasteiger partial charge is 0.306 e. The molecule has 0 saturated carbocycles. The molecule has 0 aliphatic carbocycles. The van der Waals surface area contributed by atoms with Gasteiger partial charge >= 0.3 is 17.9 Å². The van der Waals surface area contributed by atoms with Crippen molar-refractivity contribution in [3.05, 3.63) is 134 Å². The van der Waals surface area contributed by atoms with Crippen molar-refractivity contribution in [2.45, 2.75) is 303 Å². The van der Waals surface area contributed by atoms with Gasteiger partial charge in [0.15, 0.2) is 6.10 Å². The summed E-state index contributed by atoms with van der Waals surface area (Å²) in [4.78, 5) is 38.3. The van der Waals surface area contributed by atoms with E-state index in [1.807, 2.05) is 0 Å². The molecule has 0 radical (unpaired) electrons. The van der Waals surface area contributed by atoms with Crippen LogP contribution < -0.4 is 0 Å². The second kappa shape index (κ2) is 67.1. The number of esters is 3. The fourth-order valence-electron chi connectivity index (χ4n) is 8.95. The van der Waals surface area contributed by atoms with Gasteiger partial charge in [-0.3, -0.25) is 14.4 Å². The van der Waals surface area contributed by atoms with Gasteiger partial charge in [-0.25, -0.2) is 0 Å². The minimum atomic E-state index is -0.811. The summed E-state index contributed by atoms with van der Waals surface area (Å²) in [5, 5.41) is 0. The van der Waals surface area contributed by atoms with Crippen molar-refractivity contribution in [2.75, 3.05) is 13.2 Å². The quantitative estimate of drug-likeness (QED) is 0.0261. The van der Waals surface area contributed by atoms with Crippen molar-refractivity contribution in [3.8, 4) is 0 Å². The van der Waals surface area contributed by atoms with E-state index in [4.69, 9.17) is 14.2 Å². The second-order valence-corrected chi connectivity index (χ2v) is 21.6. The summed E-state index contributed by atoms with van der Waals surface area (Å²) >= 11 is 0. The second-order valence-electron chi connectivity index (χ2n) is 21.6. The first-order valence-corrected chi connectivity index (χ1v) is 33.2. The lowest BCUT2D eigenvalue weighted by Gasteiger charge is -2.18. The Morgan fingerprint density at radius 2 is 0.500 bits per heavy atom. The van der Waals surface area contributed by atoms with E-state index in [0.717, 1.165) is 128 Å². The standard InChI is InChI=1S/C74H122O6/c1-4-7-10-13-16-19-22-25-28-31-32-33-34-35-36-37-38-39-40-41-42-44-46-49-52-55-58-61-64-67-73(76)79-70-71(69-78-72(75)66-63-60-57-54-51-48-45-30-27-24-21-18-15-12-9-6-3)80-74(77)68-65-62-59-56-53-50-47-43-29-26-23-20-17-14-11-8-5-2/h7,10,16,19,21,24-25,28,30,32-33,35-36,38-39,41-42,45-46,49,55,58,71H,4-6,8-9,11-15,17-18,20,22-23,26-27,29,31,34,37,40,43-44,47-48,50-54,56-57,59-70H2,1-3H3/b10-7-,19-16-,24-21-,28-25-,33-32-,36-35-,39-38-,42-41-,45-30-,49-46-,58-55-. The zero-order valence-electron chi connectivity index (χ0n) is 52.0. The molecule has 0 fully saturated rings. The Kier molecular flexibility index (Phi) is 63.3. The van der Waals surface area contributed by atoms with Crippen LogP contribution in [0.1, 0.15) is 297 Å². The molecule has 0 aromatic heterocycles. The molecular weight excluding hydrogens is 985 g/mol. The SMILES string of the molecule is CC/C=C\C/C=C\C/C=C\C/C=C\C/C=C\C/C=C\C/C=C\C/C=C\C/C=C\CCCC(=O)OCC(COC(=O)CCCCCCC/C=C\C/C=C\CCCCCC)OC(=O)CCCCCCCCCCCCCCCCCCC. The van der Waals surface area contributed by atoms with E-state index in [0.29, 0.717) is 19.3 Å². The maximum absolute atomic E-state index is 12.9. The molecule has 0 aromatic rings. The molecular formula is C74H122O6. The fourth-order valence-corrected chi connectivity index (χ4v) is 8.95. The molecule has 0 bridgehead atoms. The summed E-state index contributed by atoms with van der Waals surface area (Å²) in [5.41, 5.74) is 0. The minimum Gasteiger partial charge on any atom is -0.462 e. The van der Waals surface area contributed by atoms with Crippen LogP contribution in [0.3, 0.4) is 0 Å². The van der Waals surface area contributed by atoms with E-state index in [-0.39, 0.29) is 37.5 Å². The number of ether oxygens (including phenoxy) is 3. The number of carbonyl (C=O) groups excluding carboxylic acids is 3. The Morgan fingerprint density at radius 3 is 0.825 bits per heavy atom. The Bertz CT molecular complexity index is 1700. The maximum Gasteiger partial charge on any atom is 0.306 e. The first-order chi connectivity index (χ1) is 39.5. The lowest BCUT2D eigenvalue weighted by atomic mass is 10.0. The van der Waals surface area contributed by atoms with Crippen LogP contribution in [0.5, 0.6) is 0 Å². The summed E-state index contributed by atoms with van der Waals surface area (Å²) in [6.07, 6.45) is 94.6. The first-order valence-electron chi connectivity index (χ1n) is 33.2. The molecule has 0 spiro atoms. The monoisotopic (exact) mass is 1110 g/mol. The number of allylic oxidation sites excluding steroid dienone is 22. The summed E-state index contributed by atoms with van der Waals surface area (Å²) < 4.78 is 16.9. The van der Waals surface area contributed by atoms with Gasteiger partial charge in [-0.15, -0.1) is 0 Å². The Hall–Kier alpha value is -4.45. The summed E-state index contributed by atoms with van der Waals surface area (Å²) in [6, 6.07) is 0. The maximum atomic E-state index is 12.9. The third-order valence-corrected chi connectivity index (χ3v) is 13.9. The van der Waals surface area contributed by atoms with Gasteiger partial charge < -0.3 is 14.2 Å². The lowest BCUT2D eigenvalue weighted by Crippen LogP contribution is -2.30. The van der Waals surface area contributed by atoms with Crippen molar-refractivity contribution < 1.29 is 28.6 Å². The van der Waals surface area contributed by atoms with Crippen LogP contribution in [0.25, 0.3) is 0 Å². The van der Waals surface area contributed by atoms with Crippen molar-refractivity contribution in [3.63, 3.8) is 0 Å². The molecule has 0 saturated heterocycles. The number of hydrogen-bond donors (Lipinski definition) is 0. The summed E-state index contributed by atoms with van der Waals surface area (Å²) in [5.74, 6) is -0.972. The Balaban J connectivity index is 4.47. The van der Waals surface area contributed by atoms with Crippen molar-refractivity contribution >= 4 is 17.9 Å². The van der Waals surface area contributed by atoms with Crippen LogP contribution in [0, 0.1) is 0 Å². The molecule has 0 aliphatic rings. The highest BCUT2D eigenvalue weighted by Crippen LogP contribution is 2.16. The highest BCUT2D eigenvalue weighted by molar-refractivity contribution is 5.71. The molecule has 0 rings (SSSR count). The molecule has 0 aromatic carbocycles. The Morgan fingerprint density at radius 1 is 0.263 bits per heavy atom. The third kappa shape index (κ3) is 64.4. The summed E-state index contributed by atoms with van der Waals surface area (Å²) in [7, 11) is 0. The molecule has 0 N–H and O–H groups in total. The predicted octanol–water partition coefficient (Wildman–Crippen LogP) is 22.9. The van der Waals surface area contributed by atoms with Gasteiger partial charge in [0, 0.05) is 19.3 Å². The lowest BCUT2D eigenvalue weighted by molar-refractivity contribution is -0.167. The van der Waals surface area contributed by atoms with Gasteiger partial charge in [0.25, 0.3) is 0 Å². The van der Waals surface area contributed by atoms with Crippen LogP contribution in [0.15, 0.2) is 134 Å². The molecule has 6 heteroatoms. The van der Waals surface area contributed by atoms with E-state index in [9.17, 15) is 14.4 Å². The third-order valence-electron chi connectivity index (χ3n) is 13.9. The number of hydrogen-bond acceptors (Lipinski definition) is 6. The molecule has 1 unspecified atom stereocenters. The van der Waals surface area contributed by atoms with E-state index in [1.165, 1.54) is 122 Å². The average Bonchev–Trinajstić information content (AvgIpc) is 3.46. The van der Waals surface area contributed by atoms with Crippen LogP contribution >= 0.6 is 0 Å². The number of unbranched alkanes of at least 4 members (excludes halogenated alkanes) is 26. The predicted molar refractivity (Wildman–Crippen MR) is 348 cm³/mol. The first kappa shape index (κ1) is 75.5. The van der Waals surface area contributed by atoms with Crippen LogP contribution in [0.4, 0.5) is 0 Å². The van der Waals surface area contributed by atoms with Gasteiger partial charge in [-0.2, -0.15) is 0 Å². The van der Waals surface area contributed by atoms with Gasteiger partial charge in [0.05, 0.1) is 0 Å². The van der Waals surface area contributed by atoms with Crippen molar-refractivity contribution in [2.24, 2.45) is 0 Å². The van der Waals surface area contributed by atoms with Crippen molar-refractivity contribution in [1.82, 2.24) is 0 Å². The Labute approximate surface area is 494 Å². The number of rotatable bonds is 59. The van der Waals surface area contributed by atoms with E-state index in [2.05, 4.69) is 154 Å². The molecule has 0 aliphatic heterocycles. The van der Waals surface area contributed by atoms with Crippen LogP contribution in [0.2, 0.25) is 0 Å². The average molecular weight is 1110 g/mol. The molecule has 6 nitrogen and oxygen atoms in total. The van der Waals surface area contributed by atoms with E-state index < -0.39 is 6.10 Å². The summed E-state index contributed by atoms with van der Waals surface area (Å²) in [6.45, 7) is 6.47. The molecule has 454 valence electrons. The van der Waals surface area contributed by atoms with Gasteiger partial charge in [-0.1, -0.05) is 296 Å². The van der Waals surface area contributed by atoms with E-state index >= 15 is 0 Å².